The van der Waals surface area contributed by atoms with Gasteiger partial charge in [0.15, 0.2) is 0 Å². The van der Waals surface area contributed by atoms with Gasteiger partial charge in [0.2, 0.25) is 10.0 Å². The van der Waals surface area contributed by atoms with Crippen molar-refractivity contribution in [2.75, 3.05) is 19.7 Å². The summed E-state index contributed by atoms with van der Waals surface area (Å²) in [7, 11) is -4.09. The number of fused-ring (bicyclic) bond motifs is 1. The van der Waals surface area contributed by atoms with Gasteiger partial charge < -0.3 is 10.4 Å². The number of hydrogen-bond acceptors (Lipinski definition) is 4. The van der Waals surface area contributed by atoms with Crippen molar-refractivity contribution in [1.29, 1.82) is 0 Å². The lowest BCUT2D eigenvalue weighted by Crippen LogP contribution is -2.54. The van der Waals surface area contributed by atoms with Crippen LogP contribution in [0.5, 0.6) is 0 Å². The first kappa shape index (κ1) is 19.0. The molecule has 0 aliphatic carbocycles. The zero-order valence-corrected chi connectivity index (χ0v) is 16.0. The van der Waals surface area contributed by atoms with E-state index in [4.69, 9.17) is 0 Å². The molecule has 1 fully saturated rings. The van der Waals surface area contributed by atoms with Crippen molar-refractivity contribution in [3.63, 3.8) is 0 Å². The van der Waals surface area contributed by atoms with E-state index in [0.29, 0.717) is 18.4 Å². The zero-order chi connectivity index (χ0) is 19.9. The number of rotatable bonds is 3. The van der Waals surface area contributed by atoms with Crippen molar-refractivity contribution < 1.29 is 22.7 Å². The summed E-state index contributed by atoms with van der Waals surface area (Å²) in [5, 5.41) is 12.9. The number of benzene rings is 2. The Hall–Kier alpha value is -2.29. The summed E-state index contributed by atoms with van der Waals surface area (Å²) in [6.45, 7) is -0.266. The Bertz CT molecular complexity index is 1030. The van der Waals surface area contributed by atoms with Gasteiger partial charge in [0.1, 0.15) is 10.7 Å². The Morgan fingerprint density at radius 3 is 2.64 bits per heavy atom. The molecular formula is C20H21FN2O4S. The van der Waals surface area contributed by atoms with E-state index in [9.17, 15) is 22.7 Å². The Kier molecular flexibility index (Phi) is 4.73. The fourth-order valence-corrected chi connectivity index (χ4v) is 5.86. The molecule has 0 aromatic heterocycles. The molecule has 2 aliphatic rings. The minimum Gasteiger partial charge on any atom is -0.396 e. The predicted molar refractivity (Wildman–Crippen MR) is 101 cm³/mol. The van der Waals surface area contributed by atoms with Crippen molar-refractivity contribution in [1.82, 2.24) is 9.62 Å². The second-order valence-electron chi connectivity index (χ2n) is 7.37. The van der Waals surface area contributed by atoms with Gasteiger partial charge in [-0.25, -0.2) is 12.8 Å². The van der Waals surface area contributed by atoms with Crippen LogP contribution < -0.4 is 5.32 Å². The third-order valence-corrected chi connectivity index (χ3v) is 7.65. The second-order valence-corrected chi connectivity index (χ2v) is 9.28. The molecule has 0 saturated carbocycles. The van der Waals surface area contributed by atoms with E-state index in [-0.39, 0.29) is 25.6 Å². The van der Waals surface area contributed by atoms with E-state index in [1.165, 1.54) is 22.5 Å². The van der Waals surface area contributed by atoms with Crippen LogP contribution in [0, 0.1) is 11.7 Å². The summed E-state index contributed by atoms with van der Waals surface area (Å²) in [5.74, 6) is -1.58. The van der Waals surface area contributed by atoms with Gasteiger partial charge >= 0.3 is 0 Å². The number of aryl methyl sites for hydroxylation is 1. The summed E-state index contributed by atoms with van der Waals surface area (Å²) in [6, 6.07) is 12.5. The molecule has 4 rings (SSSR count). The van der Waals surface area contributed by atoms with Crippen molar-refractivity contribution in [3.8, 4) is 0 Å². The van der Waals surface area contributed by atoms with Crippen LogP contribution in [0.25, 0.3) is 0 Å². The quantitative estimate of drug-likeness (QED) is 0.813. The summed E-state index contributed by atoms with van der Waals surface area (Å²) < 4.78 is 41.3. The van der Waals surface area contributed by atoms with Crippen LogP contribution in [0.2, 0.25) is 0 Å². The normalized spacial score (nSPS) is 25.4. The topological polar surface area (TPSA) is 86.7 Å². The molecule has 2 N–H and O–H groups in total. The Balaban J connectivity index is 1.69. The van der Waals surface area contributed by atoms with Crippen molar-refractivity contribution in [3.05, 3.63) is 65.5 Å². The third-order valence-electron chi connectivity index (χ3n) is 5.80. The Morgan fingerprint density at radius 2 is 1.89 bits per heavy atom. The minimum atomic E-state index is -4.09. The Labute approximate surface area is 163 Å². The standard InChI is InChI=1S/C20H21FN2O4S/c21-17-7-3-4-8-18(17)28(26,27)23-11-15(12-24)20(13-23)10-9-14-5-1-2-6-16(14)19(25)22-20/h1-8,15,24H,9-13H2,(H,22,25)/t15-,20+/m0/s1. The monoisotopic (exact) mass is 404 g/mol. The average Bonchev–Trinajstić information content (AvgIpc) is 2.98. The van der Waals surface area contributed by atoms with E-state index >= 15 is 0 Å². The summed E-state index contributed by atoms with van der Waals surface area (Å²) in [5.41, 5.74) is 0.554. The summed E-state index contributed by atoms with van der Waals surface area (Å²) >= 11 is 0. The molecule has 1 saturated heterocycles. The van der Waals surface area contributed by atoms with Crippen LogP contribution in [0.15, 0.2) is 53.4 Å². The lowest BCUT2D eigenvalue weighted by Gasteiger charge is -2.33. The molecule has 2 heterocycles. The fraction of sp³-hybridized carbons (Fsp3) is 0.350. The number of halogens is 1. The van der Waals surface area contributed by atoms with E-state index in [1.807, 2.05) is 12.1 Å². The van der Waals surface area contributed by atoms with Gasteiger partial charge in [-0.1, -0.05) is 30.3 Å². The van der Waals surface area contributed by atoms with Crippen molar-refractivity contribution >= 4 is 15.9 Å². The number of sulfonamides is 1. The smallest absolute Gasteiger partial charge is 0.252 e. The molecule has 1 amide bonds. The first-order chi connectivity index (χ1) is 13.4. The highest BCUT2D eigenvalue weighted by Gasteiger charge is 2.51. The molecule has 2 aliphatic heterocycles. The summed E-state index contributed by atoms with van der Waals surface area (Å²) in [6.07, 6.45) is 1.07. The molecule has 28 heavy (non-hydrogen) atoms. The van der Waals surface area contributed by atoms with Crippen LogP contribution >= 0.6 is 0 Å². The maximum Gasteiger partial charge on any atom is 0.252 e. The second kappa shape index (κ2) is 6.95. The number of aliphatic hydroxyl groups is 1. The van der Waals surface area contributed by atoms with Gasteiger partial charge in [0.25, 0.3) is 5.91 Å². The van der Waals surface area contributed by atoms with Crippen LogP contribution in [-0.2, 0) is 16.4 Å². The molecular weight excluding hydrogens is 383 g/mol. The number of hydrogen-bond donors (Lipinski definition) is 2. The maximum atomic E-state index is 14.1. The van der Waals surface area contributed by atoms with Gasteiger partial charge in [-0.2, -0.15) is 4.31 Å². The summed E-state index contributed by atoms with van der Waals surface area (Å²) in [4.78, 5) is 12.4. The van der Waals surface area contributed by atoms with Crippen LogP contribution in [0.1, 0.15) is 22.3 Å². The molecule has 2 atom stereocenters. The number of aliphatic hydroxyl groups excluding tert-OH is 1. The van der Waals surface area contributed by atoms with Gasteiger partial charge in [-0.05, 0) is 36.6 Å². The van der Waals surface area contributed by atoms with Gasteiger partial charge in [0.05, 0.1) is 5.54 Å². The molecule has 6 nitrogen and oxygen atoms in total. The average molecular weight is 404 g/mol. The van der Waals surface area contributed by atoms with E-state index in [0.717, 1.165) is 11.6 Å². The number of nitrogens with zero attached hydrogens (tertiary/aromatic N) is 1. The molecule has 1 spiro atoms. The molecule has 8 heteroatoms. The number of carbonyl (C=O) groups excluding carboxylic acids is 1. The highest BCUT2D eigenvalue weighted by Crippen LogP contribution is 2.37. The van der Waals surface area contributed by atoms with Crippen LogP contribution in [0.3, 0.4) is 0 Å². The molecule has 0 bridgehead atoms. The van der Waals surface area contributed by atoms with Gasteiger partial charge in [0, 0.05) is 31.2 Å². The Morgan fingerprint density at radius 1 is 1.18 bits per heavy atom. The molecule has 2 aromatic carbocycles. The third kappa shape index (κ3) is 3.01. The molecule has 148 valence electrons. The number of nitrogens with one attached hydrogen (secondary N) is 1. The molecule has 0 unspecified atom stereocenters. The van der Waals surface area contributed by atoms with E-state index in [1.54, 1.807) is 12.1 Å². The lowest BCUT2D eigenvalue weighted by molar-refractivity contribution is 0.0847. The largest absolute Gasteiger partial charge is 0.396 e. The predicted octanol–water partition coefficient (Wildman–Crippen LogP) is 1.55. The van der Waals surface area contributed by atoms with Crippen molar-refractivity contribution in [2.24, 2.45) is 5.92 Å². The van der Waals surface area contributed by atoms with E-state index < -0.39 is 32.2 Å². The lowest BCUT2D eigenvalue weighted by atomic mass is 9.83. The number of amides is 1. The number of carbonyl (C=O) groups is 1. The van der Waals surface area contributed by atoms with Crippen LogP contribution in [0.4, 0.5) is 4.39 Å². The maximum absolute atomic E-state index is 14.1. The fourth-order valence-electron chi connectivity index (χ4n) is 4.24. The first-order valence-electron chi connectivity index (χ1n) is 9.13. The van der Waals surface area contributed by atoms with Gasteiger partial charge in [-0.3, -0.25) is 4.79 Å². The first-order valence-corrected chi connectivity index (χ1v) is 10.6. The van der Waals surface area contributed by atoms with Crippen molar-refractivity contribution in [2.45, 2.75) is 23.3 Å². The SMILES string of the molecule is O=C1N[C@]2(CCc3ccccc31)CN(S(=O)(=O)c1ccccc1F)C[C@H]2CO. The highest BCUT2D eigenvalue weighted by atomic mass is 32.2. The van der Waals surface area contributed by atoms with Gasteiger partial charge in [-0.15, -0.1) is 0 Å². The molecule has 2 aromatic rings. The minimum absolute atomic E-state index is 0.00533. The molecule has 0 radical (unpaired) electrons. The van der Waals surface area contributed by atoms with Crippen LogP contribution in [-0.4, -0.2) is 49.0 Å². The highest BCUT2D eigenvalue weighted by molar-refractivity contribution is 7.89. The zero-order valence-electron chi connectivity index (χ0n) is 15.1. The van der Waals surface area contributed by atoms with E-state index in [2.05, 4.69) is 5.32 Å².